The summed E-state index contributed by atoms with van der Waals surface area (Å²) in [6.07, 6.45) is 0.611. The van der Waals surface area contributed by atoms with Crippen molar-refractivity contribution in [2.75, 3.05) is 7.11 Å². The number of aliphatic carboxylic acids is 1. The molecular formula is C20H21NO5. The Morgan fingerprint density at radius 1 is 1.19 bits per heavy atom. The first-order valence-corrected chi connectivity index (χ1v) is 8.45. The van der Waals surface area contributed by atoms with E-state index in [-0.39, 0.29) is 6.61 Å². The lowest BCUT2D eigenvalue weighted by Gasteiger charge is -2.31. The van der Waals surface area contributed by atoms with E-state index in [4.69, 9.17) is 9.47 Å². The highest BCUT2D eigenvalue weighted by molar-refractivity contribution is 5.80. The number of aryl methyl sites for hydroxylation is 1. The Balaban J connectivity index is 1.70. The molecule has 2 aromatic carbocycles. The maximum Gasteiger partial charge on any atom is 0.407 e. The molecule has 1 aliphatic carbocycles. The number of alkyl carbamates (subject to hydrolysis) is 1. The lowest BCUT2D eigenvalue weighted by Crippen LogP contribution is -2.44. The van der Waals surface area contributed by atoms with Crippen LogP contribution in [0.2, 0.25) is 0 Å². The van der Waals surface area contributed by atoms with Crippen LogP contribution in [0.1, 0.15) is 29.0 Å². The molecule has 0 saturated carbocycles. The molecule has 0 spiro atoms. The third-order valence-electron chi connectivity index (χ3n) is 4.60. The van der Waals surface area contributed by atoms with Gasteiger partial charge in [-0.15, -0.1) is 0 Å². The van der Waals surface area contributed by atoms with E-state index in [0.717, 1.165) is 11.1 Å². The van der Waals surface area contributed by atoms with Crippen LogP contribution in [0.15, 0.2) is 48.5 Å². The molecule has 0 unspecified atom stereocenters. The van der Waals surface area contributed by atoms with Crippen LogP contribution in [-0.4, -0.2) is 30.3 Å². The molecule has 2 atom stereocenters. The Labute approximate surface area is 151 Å². The second kappa shape index (κ2) is 7.91. The molecule has 6 nitrogen and oxygen atoms in total. The van der Waals surface area contributed by atoms with Crippen LogP contribution in [-0.2, 0) is 22.6 Å². The SMILES string of the molecule is COc1ccc2c(c1)[C@H](C(=O)O)[C@H](NC(=O)OCc1ccccc1)CC2. The van der Waals surface area contributed by atoms with Crippen molar-refractivity contribution in [2.24, 2.45) is 0 Å². The number of hydrogen-bond acceptors (Lipinski definition) is 4. The van der Waals surface area contributed by atoms with Gasteiger partial charge in [-0.05, 0) is 41.7 Å². The topological polar surface area (TPSA) is 84.9 Å². The number of hydrogen-bond donors (Lipinski definition) is 2. The first kappa shape index (κ1) is 17.8. The van der Waals surface area contributed by atoms with Gasteiger partial charge in [0, 0.05) is 6.04 Å². The number of carbonyl (C=O) groups is 2. The van der Waals surface area contributed by atoms with Crippen molar-refractivity contribution in [3.05, 3.63) is 65.2 Å². The maximum absolute atomic E-state index is 12.1. The predicted molar refractivity (Wildman–Crippen MR) is 95.2 cm³/mol. The quantitative estimate of drug-likeness (QED) is 0.861. The minimum atomic E-state index is -0.979. The van der Waals surface area contributed by atoms with Crippen LogP contribution in [0, 0.1) is 0 Å². The van der Waals surface area contributed by atoms with Crippen LogP contribution in [0.4, 0.5) is 4.79 Å². The van der Waals surface area contributed by atoms with Gasteiger partial charge in [0.05, 0.1) is 7.11 Å². The average molecular weight is 355 g/mol. The van der Waals surface area contributed by atoms with E-state index < -0.39 is 24.0 Å². The molecule has 1 aliphatic rings. The number of ether oxygens (including phenoxy) is 2. The molecule has 2 N–H and O–H groups in total. The lowest BCUT2D eigenvalue weighted by atomic mass is 9.79. The van der Waals surface area contributed by atoms with E-state index in [1.54, 1.807) is 6.07 Å². The number of rotatable bonds is 5. The Bertz CT molecular complexity index is 790. The van der Waals surface area contributed by atoms with Crippen molar-refractivity contribution < 1.29 is 24.2 Å². The Kier molecular flexibility index (Phi) is 5.41. The molecule has 2 aromatic rings. The first-order valence-electron chi connectivity index (χ1n) is 8.45. The molecular weight excluding hydrogens is 334 g/mol. The molecule has 136 valence electrons. The summed E-state index contributed by atoms with van der Waals surface area (Å²) in [7, 11) is 1.54. The Morgan fingerprint density at radius 2 is 1.96 bits per heavy atom. The Morgan fingerprint density at radius 3 is 2.65 bits per heavy atom. The smallest absolute Gasteiger partial charge is 0.407 e. The summed E-state index contributed by atoms with van der Waals surface area (Å²) in [6, 6.07) is 14.2. The first-order chi connectivity index (χ1) is 12.6. The Hall–Kier alpha value is -3.02. The normalized spacial score (nSPS) is 18.5. The minimum Gasteiger partial charge on any atom is -0.497 e. The van der Waals surface area contributed by atoms with Crippen molar-refractivity contribution in [3.63, 3.8) is 0 Å². The van der Waals surface area contributed by atoms with Crippen molar-refractivity contribution in [3.8, 4) is 5.75 Å². The zero-order valence-electron chi connectivity index (χ0n) is 14.5. The highest BCUT2D eigenvalue weighted by atomic mass is 16.5. The third kappa shape index (κ3) is 3.96. The van der Waals surface area contributed by atoms with Gasteiger partial charge in [-0.25, -0.2) is 4.79 Å². The summed E-state index contributed by atoms with van der Waals surface area (Å²) < 4.78 is 10.4. The van der Waals surface area contributed by atoms with Gasteiger partial charge in [-0.3, -0.25) is 4.79 Å². The van der Waals surface area contributed by atoms with E-state index in [9.17, 15) is 14.7 Å². The van der Waals surface area contributed by atoms with Crippen LogP contribution in [0.3, 0.4) is 0 Å². The number of methoxy groups -OCH3 is 1. The van der Waals surface area contributed by atoms with Crippen LogP contribution in [0.25, 0.3) is 0 Å². The van der Waals surface area contributed by atoms with Gasteiger partial charge < -0.3 is 19.9 Å². The van der Waals surface area contributed by atoms with Crippen molar-refractivity contribution in [1.29, 1.82) is 0 Å². The number of fused-ring (bicyclic) bond motifs is 1. The van der Waals surface area contributed by atoms with Gasteiger partial charge in [0.25, 0.3) is 0 Å². The molecule has 6 heteroatoms. The molecule has 0 aliphatic heterocycles. The van der Waals surface area contributed by atoms with E-state index in [1.807, 2.05) is 42.5 Å². The summed E-state index contributed by atoms with van der Waals surface area (Å²) in [5.74, 6) is -1.21. The molecule has 0 bridgehead atoms. The minimum absolute atomic E-state index is 0.140. The van der Waals surface area contributed by atoms with Gasteiger partial charge in [0.15, 0.2) is 0 Å². The highest BCUT2D eigenvalue weighted by Gasteiger charge is 2.36. The van der Waals surface area contributed by atoms with Gasteiger partial charge in [0.2, 0.25) is 0 Å². The zero-order valence-corrected chi connectivity index (χ0v) is 14.5. The molecule has 3 rings (SSSR count). The molecule has 26 heavy (non-hydrogen) atoms. The molecule has 0 radical (unpaired) electrons. The fourth-order valence-electron chi connectivity index (χ4n) is 3.29. The number of benzene rings is 2. The zero-order chi connectivity index (χ0) is 18.5. The van der Waals surface area contributed by atoms with Crippen LogP contribution < -0.4 is 10.1 Å². The van der Waals surface area contributed by atoms with Crippen LogP contribution >= 0.6 is 0 Å². The molecule has 0 fully saturated rings. The molecule has 0 heterocycles. The fourth-order valence-corrected chi connectivity index (χ4v) is 3.29. The summed E-state index contributed by atoms with van der Waals surface area (Å²) in [5.41, 5.74) is 2.52. The number of nitrogens with one attached hydrogen (secondary N) is 1. The van der Waals surface area contributed by atoms with Gasteiger partial charge >= 0.3 is 12.1 Å². The number of carbonyl (C=O) groups excluding carboxylic acids is 1. The third-order valence-corrected chi connectivity index (χ3v) is 4.60. The summed E-state index contributed by atoms with van der Waals surface area (Å²) in [6.45, 7) is 0.140. The van der Waals surface area contributed by atoms with Gasteiger partial charge in [0.1, 0.15) is 18.3 Å². The summed E-state index contributed by atoms with van der Waals surface area (Å²) >= 11 is 0. The van der Waals surface area contributed by atoms with Crippen molar-refractivity contribution in [2.45, 2.75) is 31.4 Å². The summed E-state index contributed by atoms with van der Waals surface area (Å²) in [5, 5.41) is 12.4. The average Bonchev–Trinajstić information content (AvgIpc) is 2.66. The second-order valence-electron chi connectivity index (χ2n) is 6.23. The standard InChI is InChI=1S/C20H21NO5/c1-25-15-9-7-14-8-10-17(18(19(22)23)16(14)11-15)21-20(24)26-12-13-5-3-2-4-6-13/h2-7,9,11,17-18H,8,10,12H2,1H3,(H,21,24)(H,22,23)/t17-,18+/m1/s1. The van der Waals surface area contributed by atoms with Crippen LogP contribution in [0.5, 0.6) is 5.75 Å². The molecule has 1 amide bonds. The highest BCUT2D eigenvalue weighted by Crippen LogP contribution is 2.34. The molecule has 0 saturated heterocycles. The van der Waals surface area contributed by atoms with Crippen molar-refractivity contribution >= 4 is 12.1 Å². The number of carboxylic acid groups (broad SMARTS) is 1. The van der Waals surface area contributed by atoms with E-state index in [1.165, 1.54) is 7.11 Å². The maximum atomic E-state index is 12.1. The van der Waals surface area contributed by atoms with E-state index >= 15 is 0 Å². The lowest BCUT2D eigenvalue weighted by molar-refractivity contribution is -0.139. The van der Waals surface area contributed by atoms with Gasteiger partial charge in [-0.1, -0.05) is 36.4 Å². The fraction of sp³-hybridized carbons (Fsp3) is 0.300. The monoisotopic (exact) mass is 355 g/mol. The van der Waals surface area contributed by atoms with Crippen molar-refractivity contribution in [1.82, 2.24) is 5.32 Å². The van der Waals surface area contributed by atoms with E-state index in [0.29, 0.717) is 24.2 Å². The summed E-state index contributed by atoms with van der Waals surface area (Å²) in [4.78, 5) is 24.0. The number of amides is 1. The largest absolute Gasteiger partial charge is 0.497 e. The molecule has 0 aromatic heterocycles. The number of carboxylic acids is 1. The predicted octanol–water partition coefficient (Wildman–Crippen LogP) is 3.10. The van der Waals surface area contributed by atoms with Gasteiger partial charge in [-0.2, -0.15) is 0 Å². The van der Waals surface area contributed by atoms with E-state index in [2.05, 4.69) is 5.32 Å². The second-order valence-corrected chi connectivity index (χ2v) is 6.23.